The van der Waals surface area contributed by atoms with Crippen LogP contribution in [0.3, 0.4) is 0 Å². The lowest BCUT2D eigenvalue weighted by atomic mass is 9.59. The number of cyclic esters (lactones) is 1. The van der Waals surface area contributed by atoms with Crippen molar-refractivity contribution >= 4 is 23.3 Å². The molecule has 3 aliphatic carbocycles. The second-order valence-corrected chi connectivity index (χ2v) is 20.0. The van der Waals surface area contributed by atoms with Crippen LogP contribution < -0.4 is 0 Å². The van der Waals surface area contributed by atoms with E-state index in [2.05, 4.69) is 38.1 Å². The second-order valence-electron chi connectivity index (χ2n) is 20.0. The smallest absolute Gasteiger partial charge is 0.338 e. The van der Waals surface area contributed by atoms with Gasteiger partial charge in [0.15, 0.2) is 18.4 Å². The molecule has 2 saturated carbocycles. The number of ether oxygens (including phenoxy) is 9. The van der Waals surface area contributed by atoms with Gasteiger partial charge >= 0.3 is 11.9 Å². The minimum absolute atomic E-state index is 0.0177. The zero-order chi connectivity index (χ0) is 45.6. The molecule has 6 unspecified atom stereocenters. The molecule has 4 aliphatic heterocycles. The van der Waals surface area contributed by atoms with Gasteiger partial charge in [0.1, 0.15) is 30.5 Å². The lowest BCUT2D eigenvalue weighted by molar-refractivity contribution is -0.314. The molecule has 354 valence electrons. The molecule has 1 aromatic carbocycles. The molecule has 3 saturated heterocycles. The fourth-order valence-corrected chi connectivity index (χ4v) is 12.9. The molecular formula is C51H73NO12. The first-order valence-corrected chi connectivity index (χ1v) is 24.1. The third-order valence-corrected chi connectivity index (χ3v) is 16.1. The number of likely N-dealkylation sites (N-methyl/N-ethyl adjacent to an activating group) is 1. The van der Waals surface area contributed by atoms with E-state index in [0.29, 0.717) is 49.3 Å². The maximum absolute atomic E-state index is 15.2. The summed E-state index contributed by atoms with van der Waals surface area (Å²) < 4.78 is 57.2. The van der Waals surface area contributed by atoms with Gasteiger partial charge in [-0.2, -0.15) is 0 Å². The maximum atomic E-state index is 15.2. The Kier molecular flexibility index (Phi) is 14.9. The highest BCUT2D eigenvalue weighted by molar-refractivity contribution is 6.17. The first-order chi connectivity index (χ1) is 30.7. The van der Waals surface area contributed by atoms with Crippen molar-refractivity contribution in [1.29, 1.82) is 0 Å². The van der Waals surface area contributed by atoms with E-state index in [-0.39, 0.29) is 84.3 Å². The summed E-state index contributed by atoms with van der Waals surface area (Å²) in [5, 5.41) is 0. The number of aryl methyl sites for hydroxylation is 1. The van der Waals surface area contributed by atoms with Crippen LogP contribution in [0.4, 0.5) is 0 Å². The van der Waals surface area contributed by atoms with E-state index in [9.17, 15) is 9.59 Å². The van der Waals surface area contributed by atoms with Gasteiger partial charge in [-0.05, 0) is 115 Å². The molecule has 8 rings (SSSR count). The van der Waals surface area contributed by atoms with Crippen LogP contribution in [0, 0.1) is 48.3 Å². The summed E-state index contributed by atoms with van der Waals surface area (Å²) >= 11 is 0. The molecule has 0 N–H and O–H groups in total. The maximum Gasteiger partial charge on any atom is 0.338 e. The standard InChI is InChI=1S/C51H73NO12/c1-11-31-16-13-17-41(63-43-19-18-40(52(6)7)28(4)59-43)27(3)45(54)38-24-36-34-21-32(62-51-49(58-10)48(57-9)46(56-8)29(5)60-51)22-35(34)39-23-33(30-15-12-14-26(2)20-30)50(55)64-47(39)44(36)37(38)25-42(53)61-31/h12,14-15,20,23-24,27-29,31-32,34-37,39-41,43-44,46-49,51H,11,13,16-19,21-22,25H2,1-10H3/t27-,28?,29?,31+,32+,34-,35-,36+,37-,39?,40+,41+,43+,44-,46+,47?,48?,49?,51+/m1/s1. The van der Waals surface area contributed by atoms with Crippen molar-refractivity contribution in [1.82, 2.24) is 4.90 Å². The number of ketones is 1. The van der Waals surface area contributed by atoms with Gasteiger partial charge < -0.3 is 47.5 Å². The van der Waals surface area contributed by atoms with Gasteiger partial charge in [-0.25, -0.2) is 4.79 Å². The molecular weight excluding hydrogens is 819 g/mol. The van der Waals surface area contributed by atoms with Crippen LogP contribution in [0.25, 0.3) is 5.57 Å². The van der Waals surface area contributed by atoms with E-state index >= 15 is 4.79 Å². The van der Waals surface area contributed by atoms with Gasteiger partial charge in [0.2, 0.25) is 0 Å². The SMILES string of the molecule is CC[C@H]1CCC[C@H](O[C@H]2CC[C@H](N(C)C)C(C)O2)[C@@H](C)C(=O)C2=C[C@H]3[C@@H]4C[C@H](O[C@@H]5OC(C)[C@H](OC)C(OC)C5OC)C[C@H]4C4C=C(c5cccc(C)c5)C(=O)OC4[C@H]3[C@@H]2CC(=O)O1. The summed E-state index contributed by atoms with van der Waals surface area (Å²) in [5.41, 5.74) is 3.02. The minimum Gasteiger partial charge on any atom is -0.462 e. The summed E-state index contributed by atoms with van der Waals surface area (Å²) in [6, 6.07) is 8.24. The van der Waals surface area contributed by atoms with Gasteiger partial charge in [0, 0.05) is 51.0 Å². The van der Waals surface area contributed by atoms with Crippen molar-refractivity contribution in [3.63, 3.8) is 0 Å². The first-order valence-electron chi connectivity index (χ1n) is 24.1. The number of esters is 2. The van der Waals surface area contributed by atoms with Crippen molar-refractivity contribution in [2.75, 3.05) is 35.4 Å². The zero-order valence-corrected chi connectivity index (χ0v) is 39.6. The predicted molar refractivity (Wildman–Crippen MR) is 238 cm³/mol. The van der Waals surface area contributed by atoms with Crippen LogP contribution in [0.1, 0.15) is 96.6 Å². The molecule has 13 nitrogen and oxygen atoms in total. The lowest BCUT2D eigenvalue weighted by Gasteiger charge is -2.49. The molecule has 0 bridgehead atoms. The summed E-state index contributed by atoms with van der Waals surface area (Å²) in [4.78, 5) is 45.8. The third kappa shape index (κ3) is 9.31. The van der Waals surface area contributed by atoms with Crippen LogP contribution in [0.2, 0.25) is 0 Å². The van der Waals surface area contributed by atoms with E-state index in [1.807, 2.05) is 52.0 Å². The number of fused-ring (bicyclic) bond motifs is 8. The Labute approximate surface area is 380 Å². The number of hydrogen-bond donors (Lipinski definition) is 0. The van der Waals surface area contributed by atoms with Crippen LogP contribution in [0.15, 0.2) is 42.0 Å². The van der Waals surface area contributed by atoms with E-state index in [1.54, 1.807) is 21.3 Å². The van der Waals surface area contributed by atoms with Gasteiger partial charge in [0.05, 0.1) is 36.4 Å². The topological polar surface area (TPSA) is 138 Å². The quantitative estimate of drug-likeness (QED) is 0.227. The summed E-state index contributed by atoms with van der Waals surface area (Å²) in [6.07, 6.45) is 5.90. The zero-order valence-electron chi connectivity index (χ0n) is 39.6. The number of methoxy groups -OCH3 is 3. The normalized spacial score (nSPS) is 42.8. The fourth-order valence-electron chi connectivity index (χ4n) is 12.9. The molecule has 64 heavy (non-hydrogen) atoms. The molecule has 0 radical (unpaired) electrons. The Morgan fingerprint density at radius 2 is 1.53 bits per heavy atom. The van der Waals surface area contributed by atoms with Gasteiger partial charge in [-0.15, -0.1) is 0 Å². The average Bonchev–Trinajstić information content (AvgIpc) is 3.86. The number of hydrogen-bond acceptors (Lipinski definition) is 13. The second kappa shape index (κ2) is 20.1. The van der Waals surface area contributed by atoms with Crippen LogP contribution >= 0.6 is 0 Å². The number of allylic oxidation sites excluding steroid dienone is 2. The van der Waals surface area contributed by atoms with E-state index in [4.69, 9.17) is 42.6 Å². The molecule has 5 fully saturated rings. The van der Waals surface area contributed by atoms with Crippen molar-refractivity contribution in [3.8, 4) is 0 Å². The number of carbonyl (C=O) groups is 3. The molecule has 13 heteroatoms. The number of rotatable bonds is 10. The molecule has 4 heterocycles. The van der Waals surface area contributed by atoms with Crippen molar-refractivity contribution < 1.29 is 57.0 Å². The summed E-state index contributed by atoms with van der Waals surface area (Å²) in [5.74, 6) is -2.30. The van der Waals surface area contributed by atoms with Gasteiger partial charge in [-0.3, -0.25) is 9.59 Å². The summed E-state index contributed by atoms with van der Waals surface area (Å²) in [6.45, 7) is 10.1. The number of benzene rings is 1. The van der Waals surface area contributed by atoms with Gasteiger partial charge in [0.25, 0.3) is 0 Å². The highest BCUT2D eigenvalue weighted by atomic mass is 16.7. The lowest BCUT2D eigenvalue weighted by Crippen LogP contribution is -2.59. The van der Waals surface area contributed by atoms with Crippen LogP contribution in [0.5, 0.6) is 0 Å². The minimum atomic E-state index is -0.710. The first kappa shape index (κ1) is 47.5. The Morgan fingerprint density at radius 3 is 2.20 bits per heavy atom. The Hall–Kier alpha value is -3.01. The number of carbonyl (C=O) groups excluding carboxylic acids is 3. The monoisotopic (exact) mass is 892 g/mol. The molecule has 19 atom stereocenters. The average molecular weight is 892 g/mol. The molecule has 0 aromatic heterocycles. The fraction of sp³-hybridized carbons (Fsp3) is 0.745. The third-order valence-electron chi connectivity index (χ3n) is 16.1. The molecule has 1 aromatic rings. The molecule has 7 aliphatic rings. The van der Waals surface area contributed by atoms with Crippen molar-refractivity contribution in [2.24, 2.45) is 41.4 Å². The Balaban J connectivity index is 1.14. The van der Waals surface area contributed by atoms with Gasteiger partial charge in [-0.1, -0.05) is 55.8 Å². The molecule has 0 amide bonds. The highest BCUT2D eigenvalue weighted by Crippen LogP contribution is 2.61. The van der Waals surface area contributed by atoms with E-state index in [1.165, 1.54) is 0 Å². The highest BCUT2D eigenvalue weighted by Gasteiger charge is 2.62. The van der Waals surface area contributed by atoms with Crippen molar-refractivity contribution in [2.45, 2.75) is 166 Å². The number of nitrogens with zero attached hydrogens (tertiary/aromatic N) is 1. The number of Topliss-reactive ketones (excluding diaryl/α,β-unsaturated/α-hetero) is 1. The van der Waals surface area contributed by atoms with Crippen molar-refractivity contribution in [3.05, 3.63) is 53.1 Å². The van der Waals surface area contributed by atoms with E-state index < -0.39 is 48.8 Å². The summed E-state index contributed by atoms with van der Waals surface area (Å²) in [7, 11) is 9.08. The van der Waals surface area contributed by atoms with Crippen LogP contribution in [-0.2, 0) is 57.0 Å². The van der Waals surface area contributed by atoms with Crippen LogP contribution in [-0.4, -0.2) is 132 Å². The predicted octanol–water partition coefficient (Wildman–Crippen LogP) is 6.86. The Bertz CT molecular complexity index is 1900. The largest absolute Gasteiger partial charge is 0.462 e. The molecule has 0 spiro atoms. The van der Waals surface area contributed by atoms with E-state index in [0.717, 1.165) is 30.4 Å². The Morgan fingerprint density at radius 1 is 0.797 bits per heavy atom.